The van der Waals surface area contributed by atoms with E-state index < -0.39 is 0 Å². The van der Waals surface area contributed by atoms with Crippen molar-refractivity contribution in [1.82, 2.24) is 14.5 Å². The monoisotopic (exact) mass is 466 g/mol. The Morgan fingerprint density at radius 2 is 1.88 bits per heavy atom. The van der Waals surface area contributed by atoms with Gasteiger partial charge in [0.15, 0.2) is 5.65 Å². The number of anilines is 1. The van der Waals surface area contributed by atoms with Crippen molar-refractivity contribution in [3.63, 3.8) is 0 Å². The molecule has 4 rings (SSSR count). The van der Waals surface area contributed by atoms with Crippen LogP contribution in [-0.2, 0) is 13.0 Å². The number of carbonyl (C=O) groups excluding carboxylic acids is 1. The third-order valence-electron chi connectivity index (χ3n) is 5.37. The Hall–Kier alpha value is -2.89. The number of unbranched alkanes of at least 4 members (excludes halogenated alkanes) is 1. The minimum atomic E-state index is -0.238. The van der Waals surface area contributed by atoms with Gasteiger partial charge in [-0.1, -0.05) is 60.8 Å². The van der Waals surface area contributed by atoms with Gasteiger partial charge in [-0.3, -0.25) is 4.79 Å². The van der Waals surface area contributed by atoms with Crippen molar-refractivity contribution in [2.75, 3.05) is 5.32 Å². The Bertz CT molecular complexity index is 1280. The first kappa shape index (κ1) is 22.3. The van der Waals surface area contributed by atoms with Crippen molar-refractivity contribution in [2.45, 2.75) is 39.7 Å². The molecule has 0 bridgehead atoms. The second kappa shape index (κ2) is 9.72. The van der Waals surface area contributed by atoms with Crippen LogP contribution in [-0.4, -0.2) is 20.4 Å². The molecule has 1 amide bonds. The van der Waals surface area contributed by atoms with Gasteiger partial charge >= 0.3 is 0 Å². The van der Waals surface area contributed by atoms with E-state index in [1.54, 1.807) is 24.3 Å². The first-order valence-corrected chi connectivity index (χ1v) is 11.4. The zero-order valence-electron chi connectivity index (χ0n) is 18.0. The van der Waals surface area contributed by atoms with Crippen LogP contribution >= 0.6 is 23.2 Å². The predicted molar refractivity (Wildman–Crippen MR) is 131 cm³/mol. The summed E-state index contributed by atoms with van der Waals surface area (Å²) in [4.78, 5) is 22.4. The van der Waals surface area contributed by atoms with E-state index in [1.807, 2.05) is 37.3 Å². The first-order valence-electron chi connectivity index (χ1n) is 10.6. The van der Waals surface area contributed by atoms with Crippen LogP contribution in [0.15, 0.2) is 54.6 Å². The molecular formula is C25H24Cl2N4O. The van der Waals surface area contributed by atoms with Crippen LogP contribution in [0.3, 0.4) is 0 Å². The summed E-state index contributed by atoms with van der Waals surface area (Å²) in [5, 5.41) is 4.18. The molecule has 4 aromatic rings. The SMILES string of the molecule is CCCCc1nc2cc(NC(=O)c3cccc(Cl)c3)c(C)nc2n1Cc1ccccc1Cl. The summed E-state index contributed by atoms with van der Waals surface area (Å²) in [6, 6.07) is 16.6. The fourth-order valence-corrected chi connectivity index (χ4v) is 4.01. The molecule has 164 valence electrons. The van der Waals surface area contributed by atoms with Crippen LogP contribution in [0.1, 0.15) is 47.2 Å². The van der Waals surface area contributed by atoms with Crippen LogP contribution in [0, 0.1) is 6.92 Å². The number of nitrogens with zero attached hydrogens (tertiary/aromatic N) is 3. The van der Waals surface area contributed by atoms with E-state index in [4.69, 9.17) is 33.2 Å². The van der Waals surface area contributed by atoms with Gasteiger partial charge in [0.05, 0.1) is 17.9 Å². The third-order valence-corrected chi connectivity index (χ3v) is 5.97. The minimum Gasteiger partial charge on any atom is -0.320 e. The zero-order chi connectivity index (χ0) is 22.7. The number of fused-ring (bicyclic) bond motifs is 1. The number of imidazole rings is 1. The molecule has 1 N–H and O–H groups in total. The van der Waals surface area contributed by atoms with Crippen molar-refractivity contribution in [3.05, 3.63) is 87.3 Å². The van der Waals surface area contributed by atoms with Crippen molar-refractivity contribution in [1.29, 1.82) is 0 Å². The van der Waals surface area contributed by atoms with Crippen LogP contribution in [0.25, 0.3) is 11.2 Å². The average molecular weight is 467 g/mol. The highest BCUT2D eigenvalue weighted by Gasteiger charge is 2.17. The smallest absolute Gasteiger partial charge is 0.255 e. The van der Waals surface area contributed by atoms with Gasteiger partial charge in [0.1, 0.15) is 11.3 Å². The van der Waals surface area contributed by atoms with E-state index in [1.165, 1.54) is 0 Å². The number of rotatable bonds is 7. The lowest BCUT2D eigenvalue weighted by molar-refractivity contribution is 0.102. The van der Waals surface area contributed by atoms with E-state index in [9.17, 15) is 4.79 Å². The molecule has 7 heteroatoms. The quantitative estimate of drug-likeness (QED) is 0.329. The Labute approximate surface area is 197 Å². The Balaban J connectivity index is 1.71. The summed E-state index contributed by atoms with van der Waals surface area (Å²) < 4.78 is 2.13. The maximum Gasteiger partial charge on any atom is 0.255 e. The van der Waals surface area contributed by atoms with E-state index in [-0.39, 0.29) is 5.91 Å². The number of aryl methyl sites for hydroxylation is 2. The van der Waals surface area contributed by atoms with Crippen molar-refractivity contribution in [2.24, 2.45) is 0 Å². The van der Waals surface area contributed by atoms with E-state index in [0.29, 0.717) is 22.8 Å². The molecule has 0 atom stereocenters. The van der Waals surface area contributed by atoms with Gasteiger partial charge in [-0.2, -0.15) is 0 Å². The highest BCUT2D eigenvalue weighted by Crippen LogP contribution is 2.26. The number of aromatic nitrogens is 3. The van der Waals surface area contributed by atoms with Crippen LogP contribution in [0.2, 0.25) is 10.0 Å². The predicted octanol–water partition coefficient (Wildman–Crippen LogP) is 6.69. The summed E-state index contributed by atoms with van der Waals surface area (Å²) in [5.74, 6) is 0.727. The summed E-state index contributed by atoms with van der Waals surface area (Å²) in [5.41, 5.74) is 4.39. The highest BCUT2D eigenvalue weighted by atomic mass is 35.5. The number of hydrogen-bond donors (Lipinski definition) is 1. The van der Waals surface area contributed by atoms with E-state index >= 15 is 0 Å². The molecule has 32 heavy (non-hydrogen) atoms. The van der Waals surface area contributed by atoms with Gasteiger partial charge in [-0.05, 0) is 49.2 Å². The van der Waals surface area contributed by atoms with Gasteiger partial charge in [0.2, 0.25) is 0 Å². The van der Waals surface area contributed by atoms with Gasteiger partial charge in [-0.25, -0.2) is 9.97 Å². The van der Waals surface area contributed by atoms with Gasteiger partial charge in [0.25, 0.3) is 5.91 Å². The second-order valence-electron chi connectivity index (χ2n) is 7.74. The first-order chi connectivity index (χ1) is 15.5. The Morgan fingerprint density at radius 1 is 1.06 bits per heavy atom. The number of benzene rings is 2. The summed E-state index contributed by atoms with van der Waals surface area (Å²) >= 11 is 12.4. The van der Waals surface area contributed by atoms with Crippen molar-refractivity contribution in [3.8, 4) is 0 Å². The molecule has 0 radical (unpaired) electrons. The summed E-state index contributed by atoms with van der Waals surface area (Å²) in [7, 11) is 0. The molecule has 2 aromatic heterocycles. The molecule has 0 aliphatic carbocycles. The maximum atomic E-state index is 12.7. The molecule has 0 spiro atoms. The second-order valence-corrected chi connectivity index (χ2v) is 8.58. The number of halogens is 2. The maximum absolute atomic E-state index is 12.7. The normalized spacial score (nSPS) is 11.1. The molecular weight excluding hydrogens is 443 g/mol. The van der Waals surface area contributed by atoms with Crippen molar-refractivity contribution < 1.29 is 4.79 Å². The molecule has 0 unspecified atom stereocenters. The van der Waals surface area contributed by atoms with Crippen LogP contribution in [0.5, 0.6) is 0 Å². The number of carbonyl (C=O) groups is 1. The number of nitrogens with one attached hydrogen (secondary N) is 1. The topological polar surface area (TPSA) is 59.8 Å². The fraction of sp³-hybridized carbons (Fsp3) is 0.240. The standard InChI is InChI=1S/C25H24Cl2N4O/c1-3-4-12-23-29-22-14-21(30-25(32)17-9-7-10-19(26)13-17)16(2)28-24(22)31(23)15-18-8-5-6-11-20(18)27/h5-11,13-14H,3-4,12,15H2,1-2H3,(H,30,32). The lowest BCUT2D eigenvalue weighted by Crippen LogP contribution is -2.13. The van der Waals surface area contributed by atoms with Gasteiger partial charge in [0, 0.05) is 22.0 Å². The highest BCUT2D eigenvalue weighted by molar-refractivity contribution is 6.31. The van der Waals surface area contributed by atoms with Crippen LogP contribution < -0.4 is 5.32 Å². The summed E-state index contributed by atoms with van der Waals surface area (Å²) in [6.45, 7) is 4.63. The van der Waals surface area contributed by atoms with E-state index in [2.05, 4.69) is 16.8 Å². The van der Waals surface area contributed by atoms with E-state index in [0.717, 1.165) is 52.5 Å². The van der Waals surface area contributed by atoms with Gasteiger partial charge < -0.3 is 9.88 Å². The van der Waals surface area contributed by atoms with Crippen molar-refractivity contribution >= 4 is 46.0 Å². The molecule has 0 fully saturated rings. The molecule has 2 heterocycles. The number of pyridine rings is 1. The number of amides is 1. The van der Waals surface area contributed by atoms with Crippen LogP contribution in [0.4, 0.5) is 5.69 Å². The fourth-order valence-electron chi connectivity index (χ4n) is 3.62. The zero-order valence-corrected chi connectivity index (χ0v) is 19.5. The lowest BCUT2D eigenvalue weighted by atomic mass is 10.2. The molecule has 0 saturated carbocycles. The molecule has 0 aliphatic heterocycles. The summed E-state index contributed by atoms with van der Waals surface area (Å²) in [6.07, 6.45) is 2.95. The van der Waals surface area contributed by atoms with Gasteiger partial charge in [-0.15, -0.1) is 0 Å². The largest absolute Gasteiger partial charge is 0.320 e. The Morgan fingerprint density at radius 3 is 2.62 bits per heavy atom. The molecule has 5 nitrogen and oxygen atoms in total. The minimum absolute atomic E-state index is 0.238. The average Bonchev–Trinajstić information content (AvgIpc) is 3.10. The Kier molecular flexibility index (Phi) is 6.77. The molecule has 2 aromatic carbocycles. The molecule has 0 saturated heterocycles. The lowest BCUT2D eigenvalue weighted by Gasteiger charge is -2.12. The number of hydrogen-bond acceptors (Lipinski definition) is 3. The molecule has 0 aliphatic rings. The third kappa shape index (κ3) is 4.79.